The highest BCUT2D eigenvalue weighted by atomic mass is 35.5. The zero-order valence-electron chi connectivity index (χ0n) is 15.5. The highest BCUT2D eigenvalue weighted by Crippen LogP contribution is 2.26. The van der Waals surface area contributed by atoms with Crippen molar-refractivity contribution in [1.29, 1.82) is 0 Å². The molecule has 0 atom stereocenters. The molecule has 1 heterocycles. The van der Waals surface area contributed by atoms with E-state index in [0.717, 1.165) is 16.8 Å². The van der Waals surface area contributed by atoms with Crippen molar-refractivity contribution in [1.82, 2.24) is 4.98 Å². The number of carbonyl (C=O) groups is 1. The fraction of sp³-hybridized carbons (Fsp3) is 0.182. The average Bonchev–Trinajstić information content (AvgIpc) is 3.08. The fourth-order valence-electron chi connectivity index (χ4n) is 2.50. The van der Waals surface area contributed by atoms with Crippen LogP contribution >= 0.6 is 22.9 Å². The second-order valence-electron chi connectivity index (χ2n) is 7.24. The number of benzene rings is 2. The van der Waals surface area contributed by atoms with Crippen molar-refractivity contribution in [2.75, 3.05) is 5.32 Å². The maximum absolute atomic E-state index is 12.2. The Bertz CT molecular complexity index is 951. The molecule has 3 nitrogen and oxygen atoms in total. The van der Waals surface area contributed by atoms with Gasteiger partial charge in [0.2, 0.25) is 5.91 Å². The Labute approximate surface area is 168 Å². The van der Waals surface area contributed by atoms with Crippen LogP contribution in [0.2, 0.25) is 5.02 Å². The molecule has 0 saturated carbocycles. The summed E-state index contributed by atoms with van der Waals surface area (Å²) in [6.45, 7) is 6.53. The van der Waals surface area contributed by atoms with Crippen molar-refractivity contribution in [2.24, 2.45) is 0 Å². The predicted molar refractivity (Wildman–Crippen MR) is 115 cm³/mol. The molecule has 0 aliphatic heterocycles. The molecule has 5 heteroatoms. The summed E-state index contributed by atoms with van der Waals surface area (Å²) < 4.78 is 0. The SMILES string of the molecule is CC(C)(C)c1ccc(/C=C/C(=O)Nc2nc(-c3ccc(Cl)cc3)cs2)cc1. The smallest absolute Gasteiger partial charge is 0.250 e. The van der Waals surface area contributed by atoms with Gasteiger partial charge in [-0.2, -0.15) is 0 Å². The van der Waals surface area contributed by atoms with Gasteiger partial charge in [0, 0.05) is 22.0 Å². The van der Waals surface area contributed by atoms with Gasteiger partial charge in [0.25, 0.3) is 0 Å². The molecule has 27 heavy (non-hydrogen) atoms. The minimum atomic E-state index is -0.202. The molecule has 1 amide bonds. The van der Waals surface area contributed by atoms with Crippen LogP contribution < -0.4 is 5.32 Å². The number of amides is 1. The maximum atomic E-state index is 12.2. The van der Waals surface area contributed by atoms with E-state index in [4.69, 9.17) is 11.6 Å². The lowest BCUT2D eigenvalue weighted by atomic mass is 9.87. The molecule has 0 saturated heterocycles. The Balaban J connectivity index is 1.62. The molecule has 0 fully saturated rings. The summed E-state index contributed by atoms with van der Waals surface area (Å²) >= 11 is 7.30. The van der Waals surface area contributed by atoms with Crippen LogP contribution in [-0.2, 0) is 10.2 Å². The number of anilines is 1. The van der Waals surface area contributed by atoms with E-state index in [1.54, 1.807) is 6.08 Å². The molecule has 0 aliphatic rings. The lowest BCUT2D eigenvalue weighted by molar-refractivity contribution is -0.111. The van der Waals surface area contributed by atoms with Gasteiger partial charge < -0.3 is 0 Å². The van der Waals surface area contributed by atoms with E-state index >= 15 is 0 Å². The molecule has 0 bridgehead atoms. The molecular formula is C22H21ClN2OS. The number of hydrogen-bond donors (Lipinski definition) is 1. The van der Waals surface area contributed by atoms with Gasteiger partial charge in [-0.25, -0.2) is 4.98 Å². The monoisotopic (exact) mass is 396 g/mol. The van der Waals surface area contributed by atoms with Gasteiger partial charge in [-0.3, -0.25) is 10.1 Å². The van der Waals surface area contributed by atoms with E-state index in [1.807, 2.05) is 41.8 Å². The van der Waals surface area contributed by atoms with E-state index in [-0.39, 0.29) is 11.3 Å². The number of halogens is 1. The number of rotatable bonds is 4. The molecule has 138 valence electrons. The summed E-state index contributed by atoms with van der Waals surface area (Å²) in [5.74, 6) is -0.202. The Morgan fingerprint density at radius 1 is 1.07 bits per heavy atom. The van der Waals surface area contributed by atoms with Crippen LogP contribution in [-0.4, -0.2) is 10.9 Å². The number of thiazole rings is 1. The predicted octanol–water partition coefficient (Wildman–Crippen LogP) is 6.41. The molecule has 1 N–H and O–H groups in total. The Morgan fingerprint density at radius 3 is 2.37 bits per heavy atom. The number of carbonyl (C=O) groups excluding carboxylic acids is 1. The van der Waals surface area contributed by atoms with Gasteiger partial charge in [-0.15, -0.1) is 11.3 Å². The summed E-state index contributed by atoms with van der Waals surface area (Å²) in [6.07, 6.45) is 3.32. The second-order valence-corrected chi connectivity index (χ2v) is 8.53. The van der Waals surface area contributed by atoms with Crippen molar-refractivity contribution < 1.29 is 4.79 Å². The van der Waals surface area contributed by atoms with Crippen LogP contribution in [0.1, 0.15) is 31.9 Å². The van der Waals surface area contributed by atoms with Crippen LogP contribution in [0, 0.1) is 0 Å². The molecule has 2 aromatic carbocycles. The van der Waals surface area contributed by atoms with Crippen molar-refractivity contribution in [3.05, 3.63) is 76.1 Å². The summed E-state index contributed by atoms with van der Waals surface area (Å²) in [5, 5.41) is 5.97. The van der Waals surface area contributed by atoms with Crippen LogP contribution in [0.4, 0.5) is 5.13 Å². The third-order valence-electron chi connectivity index (χ3n) is 4.08. The van der Waals surface area contributed by atoms with Crippen molar-refractivity contribution >= 4 is 40.1 Å². The fourth-order valence-corrected chi connectivity index (χ4v) is 3.35. The highest BCUT2D eigenvalue weighted by molar-refractivity contribution is 7.14. The lowest BCUT2D eigenvalue weighted by Gasteiger charge is -2.18. The Hall–Kier alpha value is -2.43. The molecule has 1 aromatic heterocycles. The van der Waals surface area contributed by atoms with Gasteiger partial charge in [-0.05, 0) is 34.8 Å². The van der Waals surface area contributed by atoms with Gasteiger partial charge in [0.05, 0.1) is 5.69 Å². The first kappa shape index (κ1) is 19.3. The summed E-state index contributed by atoms with van der Waals surface area (Å²) in [6, 6.07) is 15.7. The number of nitrogens with one attached hydrogen (secondary N) is 1. The van der Waals surface area contributed by atoms with Crippen LogP contribution in [0.15, 0.2) is 60.0 Å². The van der Waals surface area contributed by atoms with Crippen molar-refractivity contribution in [3.63, 3.8) is 0 Å². The topological polar surface area (TPSA) is 42.0 Å². The number of hydrogen-bond acceptors (Lipinski definition) is 3. The lowest BCUT2D eigenvalue weighted by Crippen LogP contribution is -2.10. The molecule has 0 aliphatic carbocycles. The quantitative estimate of drug-likeness (QED) is 0.517. The van der Waals surface area contributed by atoms with Gasteiger partial charge in [0.1, 0.15) is 0 Å². The Kier molecular flexibility index (Phi) is 5.78. The van der Waals surface area contributed by atoms with Crippen LogP contribution in [0.5, 0.6) is 0 Å². The van der Waals surface area contributed by atoms with E-state index in [2.05, 4.69) is 43.2 Å². The summed E-state index contributed by atoms with van der Waals surface area (Å²) in [7, 11) is 0. The summed E-state index contributed by atoms with van der Waals surface area (Å²) in [4.78, 5) is 16.6. The average molecular weight is 397 g/mol. The molecule has 0 radical (unpaired) electrons. The maximum Gasteiger partial charge on any atom is 0.250 e. The molecular weight excluding hydrogens is 376 g/mol. The molecule has 0 unspecified atom stereocenters. The zero-order valence-corrected chi connectivity index (χ0v) is 17.1. The van der Waals surface area contributed by atoms with Gasteiger partial charge in [-0.1, -0.05) is 68.8 Å². The third-order valence-corrected chi connectivity index (χ3v) is 5.09. The number of aromatic nitrogens is 1. The van der Waals surface area contributed by atoms with Gasteiger partial charge >= 0.3 is 0 Å². The number of nitrogens with zero attached hydrogens (tertiary/aromatic N) is 1. The standard InChI is InChI=1S/C22H21ClN2OS/c1-22(2,3)17-9-4-15(5-10-17)6-13-20(26)25-21-24-19(14-27-21)16-7-11-18(23)12-8-16/h4-14H,1-3H3,(H,24,25,26)/b13-6+. The first-order chi connectivity index (χ1) is 12.8. The highest BCUT2D eigenvalue weighted by Gasteiger charge is 2.12. The molecule has 3 aromatic rings. The minimum absolute atomic E-state index is 0.117. The molecule has 3 rings (SSSR count). The zero-order chi connectivity index (χ0) is 19.4. The van der Waals surface area contributed by atoms with Crippen LogP contribution in [0.3, 0.4) is 0 Å². The van der Waals surface area contributed by atoms with Crippen LogP contribution in [0.25, 0.3) is 17.3 Å². The first-order valence-corrected chi connectivity index (χ1v) is 9.88. The van der Waals surface area contributed by atoms with E-state index < -0.39 is 0 Å². The van der Waals surface area contributed by atoms with E-state index in [0.29, 0.717) is 10.2 Å². The largest absolute Gasteiger partial charge is 0.298 e. The summed E-state index contributed by atoms with van der Waals surface area (Å²) in [5.41, 5.74) is 4.15. The van der Waals surface area contributed by atoms with Crippen molar-refractivity contribution in [3.8, 4) is 11.3 Å². The van der Waals surface area contributed by atoms with Gasteiger partial charge in [0.15, 0.2) is 5.13 Å². The third kappa shape index (κ3) is 5.28. The molecule has 0 spiro atoms. The van der Waals surface area contributed by atoms with E-state index in [9.17, 15) is 4.79 Å². The van der Waals surface area contributed by atoms with Crippen molar-refractivity contribution in [2.45, 2.75) is 26.2 Å². The first-order valence-electron chi connectivity index (χ1n) is 8.62. The minimum Gasteiger partial charge on any atom is -0.298 e. The Morgan fingerprint density at radius 2 is 1.74 bits per heavy atom. The normalized spacial score (nSPS) is 11.7. The van der Waals surface area contributed by atoms with E-state index in [1.165, 1.54) is 23.0 Å². The second kappa shape index (κ2) is 8.07.